The molecule has 2 aromatic rings. The molecule has 4 nitrogen and oxygen atoms in total. The highest BCUT2D eigenvalue weighted by atomic mass is 16.3. The molecule has 1 aromatic carbocycles. The predicted molar refractivity (Wildman–Crippen MR) is 63.0 cm³/mol. The third kappa shape index (κ3) is 1.69. The molecule has 1 aromatic heterocycles. The molecule has 0 unspecified atom stereocenters. The van der Waals surface area contributed by atoms with E-state index in [0.717, 1.165) is 22.4 Å². The molecule has 16 heavy (non-hydrogen) atoms. The fourth-order valence-corrected chi connectivity index (χ4v) is 1.75. The van der Waals surface area contributed by atoms with Gasteiger partial charge >= 0.3 is 0 Å². The molecule has 1 heterocycles. The number of aryl methyl sites for hydroxylation is 2. The van der Waals surface area contributed by atoms with Crippen LogP contribution in [0.4, 0.5) is 5.82 Å². The van der Waals surface area contributed by atoms with Gasteiger partial charge in [0.15, 0.2) is 0 Å². The van der Waals surface area contributed by atoms with E-state index in [-0.39, 0.29) is 5.75 Å². The molecule has 4 heteroatoms. The molecule has 0 saturated heterocycles. The van der Waals surface area contributed by atoms with Gasteiger partial charge in [-0.25, -0.2) is 9.97 Å². The number of benzene rings is 1. The molecule has 0 fully saturated rings. The molecule has 0 aliphatic rings. The van der Waals surface area contributed by atoms with Gasteiger partial charge in [-0.3, -0.25) is 0 Å². The number of anilines is 1. The van der Waals surface area contributed by atoms with Gasteiger partial charge in [-0.1, -0.05) is 6.07 Å². The van der Waals surface area contributed by atoms with Crippen molar-refractivity contribution in [3.05, 3.63) is 35.8 Å². The number of phenolic OH excluding ortho intramolecular Hbond substituents is 1. The maximum absolute atomic E-state index is 9.36. The number of phenols is 1. The average molecular weight is 215 g/mol. The third-order valence-electron chi connectivity index (χ3n) is 2.55. The van der Waals surface area contributed by atoms with E-state index in [1.165, 1.54) is 6.33 Å². The van der Waals surface area contributed by atoms with E-state index in [0.29, 0.717) is 5.82 Å². The molecule has 0 aliphatic heterocycles. The van der Waals surface area contributed by atoms with Crippen molar-refractivity contribution in [1.29, 1.82) is 0 Å². The van der Waals surface area contributed by atoms with E-state index < -0.39 is 0 Å². The first-order valence-corrected chi connectivity index (χ1v) is 4.96. The lowest BCUT2D eigenvalue weighted by molar-refractivity contribution is 0.475. The zero-order chi connectivity index (χ0) is 11.7. The predicted octanol–water partition coefficient (Wildman–Crippen LogP) is 2.05. The Bertz CT molecular complexity index is 518. The summed E-state index contributed by atoms with van der Waals surface area (Å²) in [6, 6.07) is 5.15. The molecule has 0 bridgehead atoms. The summed E-state index contributed by atoms with van der Waals surface area (Å²) in [5, 5.41) is 9.36. The Hall–Kier alpha value is -2.10. The Morgan fingerprint density at radius 1 is 1.19 bits per heavy atom. The van der Waals surface area contributed by atoms with Crippen LogP contribution in [0.25, 0.3) is 11.1 Å². The second-order valence-corrected chi connectivity index (χ2v) is 3.72. The molecule has 0 atom stereocenters. The molecular weight excluding hydrogens is 202 g/mol. The molecule has 82 valence electrons. The largest absolute Gasteiger partial charge is 0.508 e. The monoisotopic (exact) mass is 215 g/mol. The maximum Gasteiger partial charge on any atom is 0.134 e. The van der Waals surface area contributed by atoms with Crippen LogP contribution in [0, 0.1) is 13.8 Å². The third-order valence-corrected chi connectivity index (χ3v) is 2.55. The van der Waals surface area contributed by atoms with Gasteiger partial charge in [0.25, 0.3) is 0 Å². The van der Waals surface area contributed by atoms with Crippen LogP contribution in [0.15, 0.2) is 24.5 Å². The lowest BCUT2D eigenvalue weighted by Crippen LogP contribution is -1.99. The fourth-order valence-electron chi connectivity index (χ4n) is 1.75. The Labute approximate surface area is 93.8 Å². The number of aromatic nitrogens is 2. The van der Waals surface area contributed by atoms with Gasteiger partial charge in [-0.05, 0) is 37.1 Å². The van der Waals surface area contributed by atoms with E-state index in [1.54, 1.807) is 12.1 Å². The van der Waals surface area contributed by atoms with Crippen molar-refractivity contribution in [2.45, 2.75) is 13.8 Å². The normalized spacial score (nSPS) is 10.4. The second-order valence-electron chi connectivity index (χ2n) is 3.72. The smallest absolute Gasteiger partial charge is 0.134 e. The van der Waals surface area contributed by atoms with Gasteiger partial charge in [-0.2, -0.15) is 0 Å². The van der Waals surface area contributed by atoms with Crippen molar-refractivity contribution >= 4 is 5.82 Å². The van der Waals surface area contributed by atoms with Gasteiger partial charge in [0.1, 0.15) is 17.9 Å². The molecule has 0 saturated carbocycles. The molecule has 0 spiro atoms. The minimum absolute atomic E-state index is 0.245. The van der Waals surface area contributed by atoms with Crippen molar-refractivity contribution in [1.82, 2.24) is 9.97 Å². The summed E-state index contributed by atoms with van der Waals surface area (Å²) in [5.41, 5.74) is 9.42. The average Bonchev–Trinajstić information content (AvgIpc) is 2.20. The molecule has 0 amide bonds. The van der Waals surface area contributed by atoms with Crippen molar-refractivity contribution in [3.8, 4) is 16.9 Å². The van der Waals surface area contributed by atoms with Crippen LogP contribution in [-0.2, 0) is 0 Å². The van der Waals surface area contributed by atoms with E-state index in [2.05, 4.69) is 9.97 Å². The highest BCUT2D eigenvalue weighted by Gasteiger charge is 2.10. The van der Waals surface area contributed by atoms with Gasteiger partial charge in [0.2, 0.25) is 0 Å². The van der Waals surface area contributed by atoms with Crippen LogP contribution in [0.2, 0.25) is 0 Å². The fraction of sp³-hybridized carbons (Fsp3) is 0.167. The first kappa shape index (κ1) is 10.4. The Kier molecular flexibility index (Phi) is 2.48. The van der Waals surface area contributed by atoms with E-state index in [1.807, 2.05) is 19.9 Å². The number of hydrogen-bond acceptors (Lipinski definition) is 4. The van der Waals surface area contributed by atoms with Crippen LogP contribution in [0.1, 0.15) is 11.3 Å². The number of nitrogens with two attached hydrogens (primary N) is 1. The highest BCUT2D eigenvalue weighted by molar-refractivity contribution is 5.78. The van der Waals surface area contributed by atoms with Crippen LogP contribution >= 0.6 is 0 Å². The Balaban J connectivity index is 2.68. The van der Waals surface area contributed by atoms with Crippen molar-refractivity contribution in [3.63, 3.8) is 0 Å². The zero-order valence-electron chi connectivity index (χ0n) is 9.23. The summed E-state index contributed by atoms with van der Waals surface area (Å²) in [4.78, 5) is 8.11. The van der Waals surface area contributed by atoms with E-state index >= 15 is 0 Å². The number of nitrogen functional groups attached to an aromatic ring is 1. The number of hydrogen-bond donors (Lipinski definition) is 2. The van der Waals surface area contributed by atoms with Crippen LogP contribution in [0.5, 0.6) is 5.75 Å². The topological polar surface area (TPSA) is 72.0 Å². The molecule has 2 rings (SSSR count). The number of rotatable bonds is 1. The number of aromatic hydroxyl groups is 1. The van der Waals surface area contributed by atoms with Gasteiger partial charge in [0, 0.05) is 5.56 Å². The molecule has 3 N–H and O–H groups in total. The first-order valence-electron chi connectivity index (χ1n) is 4.96. The van der Waals surface area contributed by atoms with E-state index in [4.69, 9.17) is 5.73 Å². The molecule has 0 aliphatic carbocycles. The summed E-state index contributed by atoms with van der Waals surface area (Å²) >= 11 is 0. The lowest BCUT2D eigenvalue weighted by Gasteiger charge is -2.10. The van der Waals surface area contributed by atoms with Crippen LogP contribution in [-0.4, -0.2) is 15.1 Å². The van der Waals surface area contributed by atoms with Crippen LogP contribution in [0.3, 0.4) is 0 Å². The van der Waals surface area contributed by atoms with Crippen molar-refractivity contribution in [2.75, 3.05) is 5.73 Å². The minimum atomic E-state index is 0.245. The quantitative estimate of drug-likeness (QED) is 0.763. The first-order chi connectivity index (χ1) is 7.59. The SMILES string of the molecule is Cc1cc(O)ccc1-c1c(C)ncnc1N. The standard InChI is InChI=1S/C12H13N3O/c1-7-5-9(16)3-4-10(7)11-8(2)14-6-15-12(11)13/h3-6,16H,1-2H3,(H2,13,14,15). The minimum Gasteiger partial charge on any atom is -0.508 e. The van der Waals surface area contributed by atoms with Gasteiger partial charge in [0.05, 0.1) is 5.69 Å². The van der Waals surface area contributed by atoms with Crippen LogP contribution < -0.4 is 5.73 Å². The van der Waals surface area contributed by atoms with E-state index in [9.17, 15) is 5.11 Å². The summed E-state index contributed by atoms with van der Waals surface area (Å²) in [7, 11) is 0. The van der Waals surface area contributed by atoms with Crippen molar-refractivity contribution in [2.24, 2.45) is 0 Å². The zero-order valence-corrected chi connectivity index (χ0v) is 9.23. The molecule has 0 radical (unpaired) electrons. The maximum atomic E-state index is 9.36. The Morgan fingerprint density at radius 2 is 1.94 bits per heavy atom. The number of nitrogens with zero attached hydrogens (tertiary/aromatic N) is 2. The highest BCUT2D eigenvalue weighted by Crippen LogP contribution is 2.31. The van der Waals surface area contributed by atoms with Crippen molar-refractivity contribution < 1.29 is 5.11 Å². The Morgan fingerprint density at radius 3 is 2.56 bits per heavy atom. The summed E-state index contributed by atoms with van der Waals surface area (Å²) in [6.07, 6.45) is 1.45. The summed E-state index contributed by atoms with van der Waals surface area (Å²) in [5.74, 6) is 0.704. The van der Waals surface area contributed by atoms with Gasteiger partial charge < -0.3 is 10.8 Å². The second kappa shape index (κ2) is 3.81. The summed E-state index contributed by atoms with van der Waals surface area (Å²) in [6.45, 7) is 3.81. The molecular formula is C12H13N3O. The summed E-state index contributed by atoms with van der Waals surface area (Å²) < 4.78 is 0. The lowest BCUT2D eigenvalue weighted by atomic mass is 9.99. The van der Waals surface area contributed by atoms with Gasteiger partial charge in [-0.15, -0.1) is 0 Å².